The van der Waals surface area contributed by atoms with Crippen molar-refractivity contribution in [1.29, 1.82) is 0 Å². The Labute approximate surface area is 96.9 Å². The number of rotatable bonds is 5. The van der Waals surface area contributed by atoms with Gasteiger partial charge in [-0.3, -0.25) is 4.21 Å². The van der Waals surface area contributed by atoms with Crippen LogP contribution in [0.4, 0.5) is 5.82 Å². The summed E-state index contributed by atoms with van der Waals surface area (Å²) in [5, 5.41) is 3.50. The second-order valence-corrected chi connectivity index (χ2v) is 4.99. The molecule has 0 amide bonds. The van der Waals surface area contributed by atoms with Gasteiger partial charge in [0.15, 0.2) is 0 Å². The van der Waals surface area contributed by atoms with Crippen LogP contribution in [0.2, 0.25) is 5.15 Å². The fraction of sp³-hybridized carbons (Fsp3) is 0.556. The lowest BCUT2D eigenvalue weighted by molar-refractivity contribution is 0.687. The molecule has 1 unspecified atom stereocenters. The highest BCUT2D eigenvalue weighted by Gasteiger charge is 2.01. The highest BCUT2D eigenvalue weighted by molar-refractivity contribution is 7.84. The van der Waals surface area contributed by atoms with Crippen LogP contribution in [0, 0.1) is 0 Å². The lowest BCUT2D eigenvalue weighted by atomic mass is 10.4. The van der Waals surface area contributed by atoms with E-state index in [4.69, 9.17) is 11.6 Å². The molecular weight excluding hydrogens is 234 g/mol. The predicted octanol–water partition coefficient (Wildman–Crippen LogP) is 1.48. The number of nitrogens with one attached hydrogen (secondary N) is 1. The molecule has 6 heteroatoms. The highest BCUT2D eigenvalue weighted by Crippen LogP contribution is 2.11. The van der Waals surface area contributed by atoms with E-state index in [0.29, 0.717) is 29.1 Å². The van der Waals surface area contributed by atoms with Crippen LogP contribution in [0.1, 0.15) is 12.7 Å². The van der Waals surface area contributed by atoms with Gasteiger partial charge in [0.05, 0.1) is 0 Å². The smallest absolute Gasteiger partial charge is 0.134 e. The summed E-state index contributed by atoms with van der Waals surface area (Å²) in [7, 11) is -0.791. The zero-order valence-corrected chi connectivity index (χ0v) is 10.4. The first-order chi connectivity index (χ1) is 7.11. The van der Waals surface area contributed by atoms with E-state index in [9.17, 15) is 4.21 Å². The van der Waals surface area contributed by atoms with E-state index in [1.165, 1.54) is 0 Å². The van der Waals surface area contributed by atoms with Crippen LogP contribution in [0.3, 0.4) is 0 Å². The molecule has 0 saturated heterocycles. The predicted molar refractivity (Wildman–Crippen MR) is 63.8 cm³/mol. The van der Waals surface area contributed by atoms with Crippen LogP contribution in [0.15, 0.2) is 6.07 Å². The topological polar surface area (TPSA) is 54.9 Å². The van der Waals surface area contributed by atoms with Gasteiger partial charge in [0.25, 0.3) is 0 Å². The van der Waals surface area contributed by atoms with E-state index in [2.05, 4.69) is 15.3 Å². The molecule has 1 atom stereocenters. The lowest BCUT2D eigenvalue weighted by Gasteiger charge is -2.05. The van der Waals surface area contributed by atoms with Gasteiger partial charge in [0.2, 0.25) is 0 Å². The molecule has 0 saturated carbocycles. The fourth-order valence-electron chi connectivity index (χ4n) is 1.04. The molecule has 1 N–H and O–H groups in total. The van der Waals surface area contributed by atoms with Crippen LogP contribution in [-0.2, 0) is 17.2 Å². The summed E-state index contributed by atoms with van der Waals surface area (Å²) in [6, 6.07) is 1.67. The maximum Gasteiger partial charge on any atom is 0.134 e. The van der Waals surface area contributed by atoms with E-state index in [0.717, 1.165) is 6.42 Å². The summed E-state index contributed by atoms with van der Waals surface area (Å²) < 4.78 is 10.8. The number of halogens is 1. The van der Waals surface area contributed by atoms with Gasteiger partial charge in [0, 0.05) is 41.8 Å². The summed E-state index contributed by atoms with van der Waals surface area (Å²) in [4.78, 5) is 8.29. The zero-order chi connectivity index (χ0) is 11.3. The summed E-state index contributed by atoms with van der Waals surface area (Å²) >= 11 is 5.82. The number of aryl methyl sites for hydroxylation is 1. The van der Waals surface area contributed by atoms with Crippen LogP contribution >= 0.6 is 11.6 Å². The number of hydrogen-bond acceptors (Lipinski definition) is 4. The molecular formula is C9H14ClN3OS. The largest absolute Gasteiger partial charge is 0.369 e. The van der Waals surface area contributed by atoms with E-state index in [1.54, 1.807) is 12.3 Å². The molecule has 0 aromatic carbocycles. The first kappa shape index (κ1) is 12.4. The van der Waals surface area contributed by atoms with Crippen LogP contribution < -0.4 is 5.32 Å². The molecule has 1 aromatic heterocycles. The minimum atomic E-state index is -0.791. The summed E-state index contributed by atoms with van der Waals surface area (Å²) in [6.45, 7) is 2.59. The number of nitrogens with zero attached hydrogens (tertiary/aromatic N) is 2. The van der Waals surface area contributed by atoms with Gasteiger partial charge in [-0.05, 0) is 0 Å². The summed E-state index contributed by atoms with van der Waals surface area (Å²) in [5.74, 6) is 2.00. The van der Waals surface area contributed by atoms with Crippen molar-refractivity contribution >= 4 is 28.2 Å². The van der Waals surface area contributed by atoms with Gasteiger partial charge < -0.3 is 5.32 Å². The van der Waals surface area contributed by atoms with Gasteiger partial charge >= 0.3 is 0 Å². The standard InChI is InChI=1S/C9H14ClN3OS/c1-3-8-12-7(10)6-9(13-8)11-4-5-15(2)14/h6H,3-5H2,1-2H3,(H,11,12,13). The average Bonchev–Trinajstić information content (AvgIpc) is 2.16. The monoisotopic (exact) mass is 247 g/mol. The molecule has 1 rings (SSSR count). The normalized spacial score (nSPS) is 12.5. The van der Waals surface area contributed by atoms with Crippen molar-refractivity contribution in [3.63, 3.8) is 0 Å². The van der Waals surface area contributed by atoms with Crippen molar-refractivity contribution in [2.45, 2.75) is 13.3 Å². The Bertz CT molecular complexity index is 359. The molecule has 0 aliphatic carbocycles. The van der Waals surface area contributed by atoms with E-state index < -0.39 is 10.8 Å². The molecule has 84 valence electrons. The Morgan fingerprint density at radius 2 is 2.27 bits per heavy atom. The summed E-state index contributed by atoms with van der Waals surface area (Å²) in [6.07, 6.45) is 2.42. The van der Waals surface area contributed by atoms with Crippen molar-refractivity contribution in [3.05, 3.63) is 17.0 Å². The van der Waals surface area contributed by atoms with Crippen molar-refractivity contribution < 1.29 is 4.21 Å². The molecule has 0 aliphatic rings. The molecule has 0 bridgehead atoms. The molecule has 0 aliphatic heterocycles. The van der Waals surface area contributed by atoms with Gasteiger partial charge in [-0.2, -0.15) is 0 Å². The van der Waals surface area contributed by atoms with Gasteiger partial charge in [-0.15, -0.1) is 0 Å². The third-order valence-corrected chi connectivity index (χ3v) is 2.73. The molecule has 1 aromatic rings. The van der Waals surface area contributed by atoms with E-state index >= 15 is 0 Å². The first-order valence-corrected chi connectivity index (χ1v) is 6.79. The Morgan fingerprint density at radius 1 is 1.53 bits per heavy atom. The van der Waals surface area contributed by atoms with Crippen LogP contribution in [0.5, 0.6) is 0 Å². The Morgan fingerprint density at radius 3 is 2.87 bits per heavy atom. The second-order valence-electron chi connectivity index (χ2n) is 3.05. The van der Waals surface area contributed by atoms with Gasteiger partial charge in [-0.25, -0.2) is 9.97 Å². The summed E-state index contributed by atoms with van der Waals surface area (Å²) in [5.41, 5.74) is 0. The molecule has 1 heterocycles. The molecule has 0 spiro atoms. The third kappa shape index (κ3) is 4.57. The van der Waals surface area contributed by atoms with Crippen LogP contribution in [-0.4, -0.2) is 32.7 Å². The molecule has 4 nitrogen and oxygen atoms in total. The van der Waals surface area contributed by atoms with Crippen LogP contribution in [0.25, 0.3) is 0 Å². The van der Waals surface area contributed by atoms with Crippen molar-refractivity contribution in [3.8, 4) is 0 Å². The van der Waals surface area contributed by atoms with Gasteiger partial charge in [-0.1, -0.05) is 18.5 Å². The van der Waals surface area contributed by atoms with Gasteiger partial charge in [0.1, 0.15) is 16.8 Å². The third-order valence-electron chi connectivity index (χ3n) is 1.75. The molecule has 0 fully saturated rings. The Hall–Kier alpha value is -0.680. The Balaban J connectivity index is 2.60. The average molecular weight is 248 g/mol. The highest BCUT2D eigenvalue weighted by atomic mass is 35.5. The maximum absolute atomic E-state index is 10.8. The van der Waals surface area contributed by atoms with E-state index in [-0.39, 0.29) is 0 Å². The first-order valence-electron chi connectivity index (χ1n) is 4.69. The minimum Gasteiger partial charge on any atom is -0.369 e. The molecule has 15 heavy (non-hydrogen) atoms. The zero-order valence-electron chi connectivity index (χ0n) is 8.79. The fourth-order valence-corrected chi connectivity index (χ4v) is 1.63. The number of hydrogen-bond donors (Lipinski definition) is 1. The second kappa shape index (κ2) is 6.02. The quantitative estimate of drug-likeness (QED) is 0.801. The lowest BCUT2D eigenvalue weighted by Crippen LogP contribution is -2.11. The SMILES string of the molecule is CCc1nc(Cl)cc(NCCS(C)=O)n1. The van der Waals surface area contributed by atoms with E-state index in [1.807, 2.05) is 6.92 Å². The van der Waals surface area contributed by atoms with Crippen molar-refractivity contribution in [2.75, 3.05) is 23.9 Å². The Kier molecular flexibility index (Phi) is 4.98. The molecule has 0 radical (unpaired) electrons. The minimum absolute atomic E-state index is 0.432. The number of aromatic nitrogens is 2. The van der Waals surface area contributed by atoms with Crippen molar-refractivity contribution in [2.24, 2.45) is 0 Å². The maximum atomic E-state index is 10.8. The number of anilines is 1. The van der Waals surface area contributed by atoms with Crippen molar-refractivity contribution in [1.82, 2.24) is 9.97 Å².